The van der Waals surface area contributed by atoms with Crippen LogP contribution < -0.4 is 0 Å². The molecule has 0 spiro atoms. The molecule has 0 aliphatic rings. The van der Waals surface area contributed by atoms with Crippen molar-refractivity contribution < 1.29 is 0 Å². The molecule has 0 bridgehead atoms. The molecule has 0 fully saturated rings. The molecule has 7 aromatic carbocycles. The summed E-state index contributed by atoms with van der Waals surface area (Å²) < 4.78 is 0. The van der Waals surface area contributed by atoms with Crippen molar-refractivity contribution in [3.05, 3.63) is 170 Å². The molecule has 2 heteroatoms. The van der Waals surface area contributed by atoms with Crippen LogP contribution in [-0.4, -0.2) is 9.97 Å². The highest BCUT2D eigenvalue weighted by atomic mass is 14.7. The summed E-state index contributed by atoms with van der Waals surface area (Å²) in [5.74, 6) is 0. The predicted molar refractivity (Wildman–Crippen MR) is 199 cm³/mol. The lowest BCUT2D eigenvalue weighted by Crippen LogP contribution is -1.93. The van der Waals surface area contributed by atoms with Crippen molar-refractivity contribution in [2.24, 2.45) is 0 Å². The van der Waals surface area contributed by atoms with Gasteiger partial charge in [0.15, 0.2) is 0 Å². The molecule has 0 saturated heterocycles. The Hall–Kier alpha value is -6.12. The Morgan fingerprint density at radius 1 is 0.404 bits per heavy atom. The van der Waals surface area contributed by atoms with E-state index < -0.39 is 0 Å². The van der Waals surface area contributed by atoms with Crippen molar-refractivity contribution in [2.45, 2.75) is 6.92 Å². The molecule has 220 valence electrons. The third-order valence-electron chi connectivity index (χ3n) is 9.46. The smallest absolute Gasteiger partial charge is 0.0723 e. The molecule has 2 aromatic heterocycles. The number of rotatable bonds is 4. The van der Waals surface area contributed by atoms with Crippen molar-refractivity contribution >= 4 is 43.1 Å². The first-order chi connectivity index (χ1) is 23.2. The molecule has 2 heterocycles. The first kappa shape index (κ1) is 27.2. The number of aromatic nitrogens is 2. The molecule has 0 aliphatic heterocycles. The van der Waals surface area contributed by atoms with Crippen LogP contribution in [0.25, 0.3) is 87.7 Å². The minimum atomic E-state index is 0.917. The fourth-order valence-corrected chi connectivity index (χ4v) is 7.36. The van der Waals surface area contributed by atoms with Gasteiger partial charge in [-0.05, 0) is 108 Å². The molecule has 0 saturated carbocycles. The van der Waals surface area contributed by atoms with Crippen LogP contribution in [0.4, 0.5) is 0 Å². The lowest BCUT2D eigenvalue weighted by molar-refractivity contribution is 1.28. The molecule has 0 amide bonds. The van der Waals surface area contributed by atoms with Crippen LogP contribution in [0.1, 0.15) is 5.56 Å². The second kappa shape index (κ2) is 11.0. The summed E-state index contributed by atoms with van der Waals surface area (Å²) in [6, 6.07) is 52.9. The van der Waals surface area contributed by atoms with E-state index in [0.29, 0.717) is 0 Å². The number of hydrogen-bond acceptors (Lipinski definition) is 2. The van der Waals surface area contributed by atoms with Crippen LogP contribution in [0.2, 0.25) is 0 Å². The maximum atomic E-state index is 4.66. The quantitative estimate of drug-likeness (QED) is 0.188. The monoisotopic (exact) mass is 598 g/mol. The highest BCUT2D eigenvalue weighted by Gasteiger charge is 2.20. The second-order valence-electron chi connectivity index (χ2n) is 12.2. The molecular formula is C45H30N2. The Bertz CT molecular complexity index is 2580. The number of hydrogen-bond donors (Lipinski definition) is 0. The van der Waals surface area contributed by atoms with E-state index in [1.165, 1.54) is 76.5 Å². The van der Waals surface area contributed by atoms with E-state index in [-0.39, 0.29) is 0 Å². The molecule has 0 atom stereocenters. The van der Waals surface area contributed by atoms with Gasteiger partial charge >= 0.3 is 0 Å². The van der Waals surface area contributed by atoms with Gasteiger partial charge < -0.3 is 0 Å². The molecule has 9 rings (SSSR count). The van der Waals surface area contributed by atoms with Crippen LogP contribution in [0.15, 0.2) is 164 Å². The summed E-state index contributed by atoms with van der Waals surface area (Å²) in [7, 11) is 0. The molecular weight excluding hydrogens is 569 g/mol. The van der Waals surface area contributed by atoms with Crippen molar-refractivity contribution in [3.63, 3.8) is 0 Å². The van der Waals surface area contributed by atoms with Crippen molar-refractivity contribution in [1.82, 2.24) is 9.97 Å². The van der Waals surface area contributed by atoms with Gasteiger partial charge in [-0.2, -0.15) is 0 Å². The minimum absolute atomic E-state index is 0.917. The third kappa shape index (κ3) is 4.49. The van der Waals surface area contributed by atoms with E-state index in [1.807, 2.05) is 36.8 Å². The molecule has 47 heavy (non-hydrogen) atoms. The van der Waals surface area contributed by atoms with Gasteiger partial charge in [-0.3, -0.25) is 9.97 Å². The number of fused-ring (bicyclic) bond motifs is 4. The maximum absolute atomic E-state index is 4.66. The zero-order chi connectivity index (χ0) is 31.3. The van der Waals surface area contributed by atoms with Crippen molar-refractivity contribution in [3.8, 4) is 44.6 Å². The van der Waals surface area contributed by atoms with Gasteiger partial charge in [-0.15, -0.1) is 0 Å². The Morgan fingerprint density at radius 2 is 1.00 bits per heavy atom. The number of benzene rings is 7. The van der Waals surface area contributed by atoms with Crippen LogP contribution >= 0.6 is 0 Å². The number of aryl methyl sites for hydroxylation is 1. The second-order valence-corrected chi connectivity index (χ2v) is 12.2. The Kier molecular flexibility index (Phi) is 6.39. The zero-order valence-electron chi connectivity index (χ0n) is 26.0. The van der Waals surface area contributed by atoms with Crippen LogP contribution in [0, 0.1) is 6.92 Å². The predicted octanol–water partition coefficient (Wildman–Crippen LogP) is 12.1. The molecule has 9 aromatic rings. The lowest BCUT2D eigenvalue weighted by atomic mass is 9.83. The van der Waals surface area contributed by atoms with E-state index in [1.54, 1.807) is 0 Å². The van der Waals surface area contributed by atoms with E-state index in [2.05, 4.69) is 144 Å². The van der Waals surface area contributed by atoms with Crippen LogP contribution in [0.3, 0.4) is 0 Å². The van der Waals surface area contributed by atoms with Gasteiger partial charge in [0.2, 0.25) is 0 Å². The standard InChI is InChI=1S/C45H30N2/c1-29-17-18-31-27-32(20-19-30(31)26-29)44-37-12-4-6-14-39(37)45(40-15-7-5-13-38(40)44)41-22-21-35(33-10-2-3-11-34(33)41)36-23-25-46-28-42(36)43-16-8-9-24-47-43/h2-28H,1H3. The fraction of sp³-hybridized carbons (Fsp3) is 0.0222. The van der Waals surface area contributed by atoms with Gasteiger partial charge in [0, 0.05) is 24.2 Å². The maximum Gasteiger partial charge on any atom is 0.0723 e. The number of pyridine rings is 2. The molecule has 2 nitrogen and oxygen atoms in total. The van der Waals surface area contributed by atoms with E-state index in [9.17, 15) is 0 Å². The Labute approximate surface area is 273 Å². The average Bonchev–Trinajstić information content (AvgIpc) is 3.14. The van der Waals surface area contributed by atoms with E-state index >= 15 is 0 Å². The van der Waals surface area contributed by atoms with Crippen LogP contribution in [0.5, 0.6) is 0 Å². The summed E-state index contributed by atoms with van der Waals surface area (Å²) in [5, 5.41) is 9.97. The first-order valence-corrected chi connectivity index (χ1v) is 16.1. The minimum Gasteiger partial charge on any atom is -0.264 e. The summed E-state index contributed by atoms with van der Waals surface area (Å²) in [6.07, 6.45) is 5.64. The normalized spacial score (nSPS) is 11.5. The first-order valence-electron chi connectivity index (χ1n) is 16.1. The van der Waals surface area contributed by atoms with Gasteiger partial charge in [0.05, 0.1) is 5.69 Å². The summed E-state index contributed by atoms with van der Waals surface area (Å²) in [6.45, 7) is 2.15. The highest BCUT2D eigenvalue weighted by Crippen LogP contribution is 2.47. The zero-order valence-corrected chi connectivity index (χ0v) is 26.0. The topological polar surface area (TPSA) is 25.8 Å². The van der Waals surface area contributed by atoms with Crippen LogP contribution in [-0.2, 0) is 0 Å². The molecule has 0 aliphatic carbocycles. The number of nitrogens with zero attached hydrogens (tertiary/aromatic N) is 2. The van der Waals surface area contributed by atoms with Crippen molar-refractivity contribution in [1.29, 1.82) is 0 Å². The lowest BCUT2D eigenvalue weighted by Gasteiger charge is -2.20. The molecule has 0 unspecified atom stereocenters. The van der Waals surface area contributed by atoms with E-state index in [4.69, 9.17) is 0 Å². The van der Waals surface area contributed by atoms with E-state index in [0.717, 1.165) is 16.8 Å². The SMILES string of the molecule is Cc1ccc2cc(-c3c4ccccc4c(-c4ccc(-c5ccncc5-c5ccccn5)c5ccccc45)c4ccccc34)ccc2c1. The highest BCUT2D eigenvalue weighted by molar-refractivity contribution is 6.24. The average molecular weight is 599 g/mol. The fourth-order valence-electron chi connectivity index (χ4n) is 7.36. The molecule has 0 radical (unpaired) electrons. The molecule has 0 N–H and O–H groups in total. The summed E-state index contributed by atoms with van der Waals surface area (Å²) in [5.41, 5.74) is 10.5. The largest absolute Gasteiger partial charge is 0.264 e. The van der Waals surface area contributed by atoms with Crippen molar-refractivity contribution in [2.75, 3.05) is 0 Å². The van der Waals surface area contributed by atoms with Gasteiger partial charge in [-0.25, -0.2) is 0 Å². The van der Waals surface area contributed by atoms with Gasteiger partial charge in [0.1, 0.15) is 0 Å². The third-order valence-corrected chi connectivity index (χ3v) is 9.46. The summed E-state index contributed by atoms with van der Waals surface area (Å²) in [4.78, 5) is 9.14. The van der Waals surface area contributed by atoms with Gasteiger partial charge in [0.25, 0.3) is 0 Å². The van der Waals surface area contributed by atoms with Gasteiger partial charge in [-0.1, -0.05) is 127 Å². The Morgan fingerprint density at radius 3 is 1.70 bits per heavy atom. The summed E-state index contributed by atoms with van der Waals surface area (Å²) >= 11 is 0. The Balaban J connectivity index is 1.33.